The normalized spacial score (nSPS) is 11.4. The fourth-order valence-corrected chi connectivity index (χ4v) is 3.89. The summed E-state index contributed by atoms with van der Waals surface area (Å²) in [4.78, 5) is 8.76. The van der Waals surface area contributed by atoms with Crippen molar-refractivity contribution < 1.29 is 13.2 Å². The number of benzene rings is 1. The maximum absolute atomic E-state index is 12.5. The molecule has 2 heterocycles. The minimum Gasteiger partial charge on any atom is -0.494 e. The summed E-state index contributed by atoms with van der Waals surface area (Å²) in [6.45, 7) is 2.47. The highest BCUT2D eigenvalue weighted by atomic mass is 32.2. The molecule has 0 unspecified atom stereocenters. The minimum atomic E-state index is -3.65. The molecule has 0 aliphatic rings. The molecule has 0 aliphatic heterocycles. The summed E-state index contributed by atoms with van der Waals surface area (Å²) in [5.74, 6) is 0.634. The third-order valence-corrected chi connectivity index (χ3v) is 5.54. The Morgan fingerprint density at radius 2 is 1.88 bits per heavy atom. The van der Waals surface area contributed by atoms with E-state index in [2.05, 4.69) is 14.7 Å². The zero-order valence-corrected chi connectivity index (χ0v) is 15.2. The second-order valence-electron chi connectivity index (χ2n) is 5.09. The Hall–Kier alpha value is -2.29. The van der Waals surface area contributed by atoms with Crippen molar-refractivity contribution in [2.75, 3.05) is 6.61 Å². The molecule has 0 radical (unpaired) electrons. The lowest BCUT2D eigenvalue weighted by molar-refractivity contribution is 0.340. The Kier molecular flexibility index (Phi) is 5.42. The van der Waals surface area contributed by atoms with Crippen LogP contribution in [-0.2, 0) is 16.6 Å². The van der Waals surface area contributed by atoms with Crippen molar-refractivity contribution in [3.8, 4) is 17.0 Å². The number of ether oxygens (including phenoxy) is 1. The largest absolute Gasteiger partial charge is 0.494 e. The fourth-order valence-electron chi connectivity index (χ4n) is 2.26. The van der Waals surface area contributed by atoms with Gasteiger partial charge in [-0.2, -0.15) is 11.3 Å². The van der Waals surface area contributed by atoms with Crippen LogP contribution in [0.15, 0.2) is 58.4 Å². The highest BCUT2D eigenvalue weighted by Gasteiger charge is 2.16. The maximum Gasteiger partial charge on any atom is 0.240 e. The van der Waals surface area contributed by atoms with Gasteiger partial charge in [-0.05, 0) is 42.6 Å². The van der Waals surface area contributed by atoms with Crippen molar-refractivity contribution >= 4 is 21.4 Å². The van der Waals surface area contributed by atoms with E-state index in [0.29, 0.717) is 23.7 Å². The third-order valence-electron chi connectivity index (χ3n) is 3.44. The molecule has 130 valence electrons. The molecule has 0 atom stereocenters. The molecule has 0 aliphatic carbocycles. The van der Waals surface area contributed by atoms with Crippen molar-refractivity contribution in [1.29, 1.82) is 0 Å². The average Bonchev–Trinajstić information content (AvgIpc) is 3.16. The van der Waals surface area contributed by atoms with Crippen molar-refractivity contribution in [3.63, 3.8) is 0 Å². The van der Waals surface area contributed by atoms with E-state index >= 15 is 0 Å². The number of thiophene rings is 1. The molecule has 0 fully saturated rings. The molecule has 0 saturated carbocycles. The number of sulfonamides is 1. The zero-order chi connectivity index (χ0) is 17.7. The Morgan fingerprint density at radius 3 is 2.56 bits per heavy atom. The SMILES string of the molecule is CCOc1ccc(S(=O)(=O)NCc2nccnc2-c2ccsc2)cc1. The second-order valence-corrected chi connectivity index (χ2v) is 7.64. The lowest BCUT2D eigenvalue weighted by Gasteiger charge is -2.09. The summed E-state index contributed by atoms with van der Waals surface area (Å²) < 4.78 is 32.9. The van der Waals surface area contributed by atoms with Crippen LogP contribution in [0.3, 0.4) is 0 Å². The standard InChI is InChI=1S/C17H17N3O3S2/c1-2-23-14-3-5-15(6-4-14)25(21,22)20-11-16-17(19-9-8-18-16)13-7-10-24-12-13/h3-10,12,20H,2,11H2,1H3. The molecule has 0 amide bonds. The predicted molar refractivity (Wildman–Crippen MR) is 97.0 cm³/mol. The maximum atomic E-state index is 12.5. The molecule has 8 heteroatoms. The molecule has 0 bridgehead atoms. The Labute approximate surface area is 150 Å². The van der Waals surface area contributed by atoms with Gasteiger partial charge in [0.05, 0.1) is 29.4 Å². The van der Waals surface area contributed by atoms with Crippen molar-refractivity contribution in [3.05, 3.63) is 59.2 Å². The molecular weight excluding hydrogens is 358 g/mol. The monoisotopic (exact) mass is 375 g/mol. The van der Waals surface area contributed by atoms with E-state index in [4.69, 9.17) is 4.74 Å². The Morgan fingerprint density at radius 1 is 1.12 bits per heavy atom. The van der Waals surface area contributed by atoms with Gasteiger partial charge < -0.3 is 4.74 Å². The van der Waals surface area contributed by atoms with Gasteiger partial charge in [0, 0.05) is 23.3 Å². The molecule has 0 saturated heterocycles. The second kappa shape index (κ2) is 7.73. The summed E-state index contributed by atoms with van der Waals surface area (Å²) in [5.41, 5.74) is 2.18. The smallest absolute Gasteiger partial charge is 0.240 e. The van der Waals surface area contributed by atoms with E-state index in [0.717, 1.165) is 5.56 Å². The number of hydrogen-bond donors (Lipinski definition) is 1. The van der Waals surface area contributed by atoms with Gasteiger partial charge in [-0.1, -0.05) is 0 Å². The van der Waals surface area contributed by atoms with Crippen LogP contribution in [0.1, 0.15) is 12.6 Å². The minimum absolute atomic E-state index is 0.0641. The summed E-state index contributed by atoms with van der Waals surface area (Å²) in [5, 5.41) is 3.90. The van der Waals surface area contributed by atoms with Crippen LogP contribution in [0.5, 0.6) is 5.75 Å². The van der Waals surface area contributed by atoms with Gasteiger partial charge in [0.15, 0.2) is 0 Å². The highest BCUT2D eigenvalue weighted by Crippen LogP contribution is 2.23. The number of nitrogens with zero attached hydrogens (tertiary/aromatic N) is 2. The topological polar surface area (TPSA) is 81.2 Å². The predicted octanol–water partition coefficient (Wildman–Crippen LogP) is 3.08. The van der Waals surface area contributed by atoms with Crippen LogP contribution in [0.25, 0.3) is 11.3 Å². The van der Waals surface area contributed by atoms with Gasteiger partial charge in [0.2, 0.25) is 10.0 Å². The third kappa shape index (κ3) is 4.22. The number of nitrogens with one attached hydrogen (secondary N) is 1. The molecule has 3 aromatic rings. The molecule has 0 spiro atoms. The van der Waals surface area contributed by atoms with Crippen LogP contribution in [0.2, 0.25) is 0 Å². The van der Waals surface area contributed by atoms with Crippen LogP contribution in [0, 0.1) is 0 Å². The first kappa shape index (κ1) is 17.5. The number of rotatable bonds is 7. The molecule has 1 aromatic carbocycles. The Balaban J connectivity index is 1.77. The van der Waals surface area contributed by atoms with Crippen LogP contribution in [0.4, 0.5) is 0 Å². The van der Waals surface area contributed by atoms with E-state index in [1.165, 1.54) is 12.1 Å². The molecule has 1 N–H and O–H groups in total. The fraction of sp³-hybridized carbons (Fsp3) is 0.176. The van der Waals surface area contributed by atoms with Gasteiger partial charge >= 0.3 is 0 Å². The van der Waals surface area contributed by atoms with Crippen LogP contribution >= 0.6 is 11.3 Å². The first-order valence-electron chi connectivity index (χ1n) is 7.65. The first-order valence-corrected chi connectivity index (χ1v) is 10.1. The molecule has 6 nitrogen and oxygen atoms in total. The van der Waals surface area contributed by atoms with Gasteiger partial charge in [0.25, 0.3) is 0 Å². The summed E-state index contributed by atoms with van der Waals surface area (Å²) in [7, 11) is -3.65. The first-order chi connectivity index (χ1) is 12.1. The van der Waals surface area contributed by atoms with Crippen molar-refractivity contribution in [1.82, 2.24) is 14.7 Å². The van der Waals surface area contributed by atoms with Crippen LogP contribution < -0.4 is 9.46 Å². The summed E-state index contributed by atoms with van der Waals surface area (Å²) >= 11 is 1.55. The number of hydrogen-bond acceptors (Lipinski definition) is 6. The molecule has 2 aromatic heterocycles. The number of aromatic nitrogens is 2. The van der Waals surface area contributed by atoms with Gasteiger partial charge in [-0.15, -0.1) is 0 Å². The van der Waals surface area contributed by atoms with E-state index in [-0.39, 0.29) is 11.4 Å². The van der Waals surface area contributed by atoms with E-state index in [9.17, 15) is 8.42 Å². The van der Waals surface area contributed by atoms with Crippen molar-refractivity contribution in [2.24, 2.45) is 0 Å². The van der Waals surface area contributed by atoms with E-state index < -0.39 is 10.0 Å². The van der Waals surface area contributed by atoms with Crippen molar-refractivity contribution in [2.45, 2.75) is 18.4 Å². The lowest BCUT2D eigenvalue weighted by Crippen LogP contribution is -2.24. The molecule has 3 rings (SSSR count). The average molecular weight is 375 g/mol. The van der Waals surface area contributed by atoms with Gasteiger partial charge in [-0.3, -0.25) is 9.97 Å². The molecule has 25 heavy (non-hydrogen) atoms. The van der Waals surface area contributed by atoms with Gasteiger partial charge in [0.1, 0.15) is 5.75 Å². The molecular formula is C17H17N3O3S2. The summed E-state index contributed by atoms with van der Waals surface area (Å²) in [6.07, 6.45) is 3.15. The van der Waals surface area contributed by atoms with E-state index in [1.54, 1.807) is 35.9 Å². The quantitative estimate of drug-likeness (QED) is 0.686. The lowest BCUT2D eigenvalue weighted by atomic mass is 10.2. The van der Waals surface area contributed by atoms with Gasteiger partial charge in [-0.25, -0.2) is 13.1 Å². The zero-order valence-electron chi connectivity index (χ0n) is 13.5. The summed E-state index contributed by atoms with van der Waals surface area (Å²) in [6, 6.07) is 8.24. The Bertz CT molecular complexity index is 924. The van der Waals surface area contributed by atoms with E-state index in [1.807, 2.05) is 23.8 Å². The highest BCUT2D eigenvalue weighted by molar-refractivity contribution is 7.89. The van der Waals surface area contributed by atoms with Crippen LogP contribution in [-0.4, -0.2) is 25.0 Å².